The fourth-order valence-corrected chi connectivity index (χ4v) is 0.717. The molecule has 0 fully saturated rings. The van der Waals surface area contributed by atoms with Crippen molar-refractivity contribution in [3.8, 4) is 0 Å². The summed E-state index contributed by atoms with van der Waals surface area (Å²) < 4.78 is 0. The van der Waals surface area contributed by atoms with Crippen LogP contribution in [0.15, 0.2) is 17.9 Å². The van der Waals surface area contributed by atoms with Gasteiger partial charge in [-0.3, -0.25) is 0 Å². The lowest BCUT2D eigenvalue weighted by molar-refractivity contribution is 0.182. The summed E-state index contributed by atoms with van der Waals surface area (Å²) in [5, 5.41) is 8.87. The summed E-state index contributed by atoms with van der Waals surface area (Å²) in [7, 11) is 0. The Morgan fingerprint density at radius 3 is 2.80 bits per heavy atom. The van der Waals surface area contributed by atoms with Gasteiger partial charge in [-0.2, -0.15) is 0 Å². The Kier molecular flexibility index (Phi) is 6.25. The van der Waals surface area contributed by atoms with Gasteiger partial charge in [-0.25, -0.2) is 0 Å². The highest BCUT2D eigenvalue weighted by atomic mass is 16.3. The van der Waals surface area contributed by atoms with Crippen LogP contribution in [0.2, 0.25) is 0 Å². The zero-order valence-electron chi connectivity index (χ0n) is 6.80. The van der Waals surface area contributed by atoms with E-state index in [9.17, 15) is 0 Å². The first kappa shape index (κ1) is 9.48. The summed E-state index contributed by atoms with van der Waals surface area (Å²) in [5.74, 6) is 0. The van der Waals surface area contributed by atoms with E-state index in [0.717, 1.165) is 19.3 Å². The average Bonchev–Trinajstić information content (AvgIpc) is 1.87. The molecule has 1 heteroatoms. The van der Waals surface area contributed by atoms with Gasteiger partial charge < -0.3 is 5.11 Å². The molecule has 0 aliphatic rings. The van der Waals surface area contributed by atoms with E-state index in [1.807, 2.05) is 26.0 Å². The van der Waals surface area contributed by atoms with Crippen LogP contribution in [0.4, 0.5) is 0 Å². The molecule has 0 spiro atoms. The molecular formula is C9H16O. The molecule has 0 amide bonds. The minimum atomic E-state index is -0.154. The van der Waals surface area contributed by atoms with Crippen LogP contribution >= 0.6 is 0 Å². The number of hydrogen-bond donors (Lipinski definition) is 1. The Bertz CT molecular complexity index is 119. The Morgan fingerprint density at radius 2 is 2.30 bits per heavy atom. The molecule has 0 aliphatic heterocycles. The summed E-state index contributed by atoms with van der Waals surface area (Å²) in [5.41, 5.74) is 2.99. The van der Waals surface area contributed by atoms with E-state index in [1.54, 1.807) is 0 Å². The number of allylic oxidation sites excluding steroid dienone is 1. The van der Waals surface area contributed by atoms with Gasteiger partial charge in [-0.15, -0.1) is 5.73 Å². The van der Waals surface area contributed by atoms with Crippen LogP contribution in [0.3, 0.4) is 0 Å². The molecule has 1 unspecified atom stereocenters. The number of unbranched alkanes of at least 4 members (excludes halogenated alkanes) is 1. The van der Waals surface area contributed by atoms with Crippen LogP contribution in [0.5, 0.6) is 0 Å². The van der Waals surface area contributed by atoms with Crippen molar-refractivity contribution in [3.63, 3.8) is 0 Å². The predicted molar refractivity (Wildman–Crippen MR) is 43.9 cm³/mol. The molecular weight excluding hydrogens is 124 g/mol. The first-order valence-electron chi connectivity index (χ1n) is 3.81. The quantitative estimate of drug-likeness (QED) is 0.469. The second-order valence-electron chi connectivity index (χ2n) is 2.44. The second kappa shape index (κ2) is 6.60. The zero-order chi connectivity index (χ0) is 7.82. The summed E-state index contributed by atoms with van der Waals surface area (Å²) in [4.78, 5) is 0. The van der Waals surface area contributed by atoms with Crippen LogP contribution < -0.4 is 0 Å². The Hall–Kier alpha value is -0.520. The zero-order valence-corrected chi connectivity index (χ0v) is 6.80. The van der Waals surface area contributed by atoms with Crippen LogP contribution in [-0.2, 0) is 0 Å². The minimum Gasteiger partial charge on any atom is -0.393 e. The van der Waals surface area contributed by atoms with Gasteiger partial charge in [-0.05, 0) is 45.3 Å². The highest BCUT2D eigenvalue weighted by molar-refractivity contribution is 4.81. The van der Waals surface area contributed by atoms with Gasteiger partial charge in [0.25, 0.3) is 0 Å². The third-order valence-corrected chi connectivity index (χ3v) is 1.25. The van der Waals surface area contributed by atoms with E-state index in [0.29, 0.717) is 0 Å². The van der Waals surface area contributed by atoms with E-state index >= 15 is 0 Å². The van der Waals surface area contributed by atoms with Crippen molar-refractivity contribution < 1.29 is 5.11 Å². The lowest BCUT2D eigenvalue weighted by Gasteiger charge is -1.98. The third-order valence-electron chi connectivity index (χ3n) is 1.25. The second-order valence-corrected chi connectivity index (χ2v) is 2.44. The van der Waals surface area contributed by atoms with E-state index in [1.165, 1.54) is 0 Å². The molecule has 10 heavy (non-hydrogen) atoms. The van der Waals surface area contributed by atoms with Gasteiger partial charge in [0.15, 0.2) is 0 Å². The third kappa shape index (κ3) is 7.48. The van der Waals surface area contributed by atoms with E-state index in [4.69, 9.17) is 5.11 Å². The van der Waals surface area contributed by atoms with Crippen LogP contribution in [-0.4, -0.2) is 11.2 Å². The van der Waals surface area contributed by atoms with Crippen LogP contribution in [0, 0.1) is 0 Å². The smallest absolute Gasteiger partial charge is 0.0512 e. The summed E-state index contributed by atoms with van der Waals surface area (Å²) >= 11 is 0. The number of aliphatic hydroxyl groups excluding tert-OH is 1. The first-order chi connectivity index (χ1) is 4.77. The SMILES string of the molecule is CC=C=CCCCC(C)O. The maximum atomic E-state index is 8.87. The van der Waals surface area contributed by atoms with Crippen LogP contribution in [0.25, 0.3) is 0 Å². The molecule has 0 radical (unpaired) electrons. The average molecular weight is 140 g/mol. The molecule has 0 rings (SSSR count). The summed E-state index contributed by atoms with van der Waals surface area (Å²) in [6.07, 6.45) is 6.71. The molecule has 0 aromatic heterocycles. The van der Waals surface area contributed by atoms with E-state index in [2.05, 4.69) is 5.73 Å². The standard InChI is InChI=1S/C9H16O/c1-3-4-5-6-7-8-9(2)10/h3,5,9-10H,6-8H2,1-2H3. The van der Waals surface area contributed by atoms with Gasteiger partial charge in [0.1, 0.15) is 0 Å². The van der Waals surface area contributed by atoms with Crippen molar-refractivity contribution >= 4 is 0 Å². The molecule has 0 aromatic rings. The maximum Gasteiger partial charge on any atom is 0.0512 e. The van der Waals surface area contributed by atoms with Crippen molar-refractivity contribution in [2.75, 3.05) is 0 Å². The Balaban J connectivity index is 3.13. The molecule has 0 heterocycles. The highest BCUT2D eigenvalue weighted by Gasteiger charge is 1.91. The van der Waals surface area contributed by atoms with Crippen molar-refractivity contribution in [3.05, 3.63) is 17.9 Å². The monoisotopic (exact) mass is 140 g/mol. The number of aliphatic hydroxyl groups is 1. The van der Waals surface area contributed by atoms with Gasteiger partial charge >= 0.3 is 0 Å². The molecule has 1 nitrogen and oxygen atoms in total. The number of rotatable bonds is 4. The van der Waals surface area contributed by atoms with Crippen LogP contribution in [0.1, 0.15) is 33.1 Å². The molecule has 0 aliphatic carbocycles. The lowest BCUT2D eigenvalue weighted by Crippen LogP contribution is -1.97. The predicted octanol–water partition coefficient (Wildman–Crippen LogP) is 2.27. The molecule has 1 N–H and O–H groups in total. The van der Waals surface area contributed by atoms with Crippen molar-refractivity contribution in [2.45, 2.75) is 39.2 Å². The molecule has 1 atom stereocenters. The molecule has 58 valence electrons. The van der Waals surface area contributed by atoms with Crippen molar-refractivity contribution in [1.82, 2.24) is 0 Å². The summed E-state index contributed by atoms with van der Waals surface area (Å²) in [6.45, 7) is 3.77. The number of hydrogen-bond acceptors (Lipinski definition) is 1. The highest BCUT2D eigenvalue weighted by Crippen LogP contribution is 1.99. The Morgan fingerprint density at radius 1 is 1.60 bits per heavy atom. The van der Waals surface area contributed by atoms with E-state index in [-0.39, 0.29) is 6.10 Å². The molecule has 0 saturated carbocycles. The topological polar surface area (TPSA) is 20.2 Å². The largest absolute Gasteiger partial charge is 0.393 e. The lowest BCUT2D eigenvalue weighted by atomic mass is 10.2. The molecule has 0 saturated heterocycles. The normalized spacial score (nSPS) is 11.9. The molecule has 0 bridgehead atoms. The fourth-order valence-electron chi connectivity index (χ4n) is 0.717. The van der Waals surface area contributed by atoms with Crippen molar-refractivity contribution in [1.29, 1.82) is 0 Å². The van der Waals surface area contributed by atoms with Gasteiger partial charge in [0, 0.05) is 0 Å². The molecule has 0 aromatic carbocycles. The Labute approximate surface area is 63.1 Å². The maximum absolute atomic E-state index is 8.87. The van der Waals surface area contributed by atoms with Crippen molar-refractivity contribution in [2.24, 2.45) is 0 Å². The minimum absolute atomic E-state index is 0.154. The van der Waals surface area contributed by atoms with Gasteiger partial charge in [-0.1, -0.05) is 0 Å². The van der Waals surface area contributed by atoms with Gasteiger partial charge in [0.05, 0.1) is 6.10 Å². The first-order valence-corrected chi connectivity index (χ1v) is 3.81. The summed E-state index contributed by atoms with van der Waals surface area (Å²) in [6, 6.07) is 0. The van der Waals surface area contributed by atoms with Gasteiger partial charge in [0.2, 0.25) is 0 Å². The fraction of sp³-hybridized carbons (Fsp3) is 0.667. The van der Waals surface area contributed by atoms with E-state index < -0.39 is 0 Å².